The molecule has 10 heteroatoms. The summed E-state index contributed by atoms with van der Waals surface area (Å²) in [6, 6.07) is 7.63. The zero-order valence-electron chi connectivity index (χ0n) is 16.9. The lowest BCUT2D eigenvalue weighted by Gasteiger charge is -2.12. The minimum absolute atomic E-state index is 0.00261. The van der Waals surface area contributed by atoms with Crippen LogP contribution in [-0.2, 0) is 13.0 Å². The second-order valence-corrected chi connectivity index (χ2v) is 7.32. The number of benzene rings is 1. The number of aromatic nitrogens is 4. The van der Waals surface area contributed by atoms with Gasteiger partial charge in [-0.1, -0.05) is 0 Å². The number of fused-ring (bicyclic) bond motifs is 2. The number of nitrogens with zero attached hydrogens (tertiary/aromatic N) is 4. The molecule has 0 aliphatic carbocycles. The fraction of sp³-hybridized carbons (Fsp3) is 0.286. The standard InChI is InChI=1S/C21H21FN6O3/c1-11-3-4-14(31-11)13-9-16-15(29-10-30-16)7-12(13)8-17-25-18-19(24)26-21(22)27-20(18)28(17)6-2-5-23/h3-4,7,9H,2,5-6,8,10,23H2,1H3,(H2,24,26,27). The first-order valence-electron chi connectivity index (χ1n) is 9.91. The van der Waals surface area contributed by atoms with Crippen LogP contribution in [0.2, 0.25) is 0 Å². The molecule has 0 saturated heterocycles. The lowest BCUT2D eigenvalue weighted by atomic mass is 10.0. The summed E-state index contributed by atoms with van der Waals surface area (Å²) in [4.78, 5) is 12.2. The Kier molecular flexibility index (Phi) is 4.70. The normalized spacial score (nSPS) is 12.7. The van der Waals surface area contributed by atoms with Gasteiger partial charge in [-0.2, -0.15) is 14.4 Å². The van der Waals surface area contributed by atoms with Crippen molar-refractivity contribution in [3.05, 3.63) is 47.5 Å². The fourth-order valence-electron chi connectivity index (χ4n) is 3.77. The maximum Gasteiger partial charge on any atom is 0.312 e. The molecule has 0 atom stereocenters. The average Bonchev–Trinajstić information content (AvgIpc) is 3.45. The number of anilines is 1. The second-order valence-electron chi connectivity index (χ2n) is 7.32. The third kappa shape index (κ3) is 3.44. The Morgan fingerprint density at radius 1 is 1.13 bits per heavy atom. The van der Waals surface area contributed by atoms with Crippen molar-refractivity contribution in [2.45, 2.75) is 26.3 Å². The van der Waals surface area contributed by atoms with Gasteiger partial charge in [0.2, 0.25) is 6.79 Å². The second kappa shape index (κ2) is 7.55. The minimum Gasteiger partial charge on any atom is -0.461 e. The van der Waals surface area contributed by atoms with Gasteiger partial charge in [-0.05, 0) is 49.7 Å². The van der Waals surface area contributed by atoms with Gasteiger partial charge in [0.1, 0.15) is 17.3 Å². The number of aryl methyl sites for hydroxylation is 2. The van der Waals surface area contributed by atoms with Crippen molar-refractivity contribution < 1.29 is 18.3 Å². The zero-order chi connectivity index (χ0) is 21.5. The van der Waals surface area contributed by atoms with Crippen LogP contribution in [0.4, 0.5) is 10.2 Å². The van der Waals surface area contributed by atoms with E-state index in [1.54, 1.807) is 0 Å². The SMILES string of the molecule is Cc1ccc(-c2cc3c(cc2Cc2nc4c(N)nc(F)nc4n2CCCN)OCO3)o1. The molecule has 5 rings (SSSR count). The summed E-state index contributed by atoms with van der Waals surface area (Å²) in [5.74, 6) is 3.48. The summed E-state index contributed by atoms with van der Waals surface area (Å²) in [6.07, 6.45) is 0.198. The molecule has 0 bridgehead atoms. The number of imidazole rings is 1. The van der Waals surface area contributed by atoms with Gasteiger partial charge in [-0.25, -0.2) is 4.98 Å². The number of rotatable bonds is 6. The van der Waals surface area contributed by atoms with Crippen LogP contribution in [0.3, 0.4) is 0 Å². The first-order chi connectivity index (χ1) is 15.0. The van der Waals surface area contributed by atoms with Gasteiger partial charge in [0.05, 0.1) is 0 Å². The number of ether oxygens (including phenoxy) is 2. The van der Waals surface area contributed by atoms with Crippen LogP contribution in [0.15, 0.2) is 28.7 Å². The molecule has 0 fully saturated rings. The van der Waals surface area contributed by atoms with Crippen LogP contribution in [-0.4, -0.2) is 32.9 Å². The van der Waals surface area contributed by atoms with Crippen molar-refractivity contribution in [1.29, 1.82) is 0 Å². The summed E-state index contributed by atoms with van der Waals surface area (Å²) in [6.45, 7) is 3.05. The molecule has 0 spiro atoms. The van der Waals surface area contributed by atoms with Crippen molar-refractivity contribution in [1.82, 2.24) is 19.5 Å². The number of nitrogen functional groups attached to an aromatic ring is 1. The lowest BCUT2D eigenvalue weighted by molar-refractivity contribution is 0.174. The Bertz CT molecular complexity index is 1280. The van der Waals surface area contributed by atoms with Gasteiger partial charge < -0.3 is 29.9 Å². The van der Waals surface area contributed by atoms with E-state index < -0.39 is 6.08 Å². The smallest absolute Gasteiger partial charge is 0.312 e. The van der Waals surface area contributed by atoms with Crippen LogP contribution < -0.4 is 20.9 Å². The summed E-state index contributed by atoms with van der Waals surface area (Å²) in [5, 5.41) is 0. The van der Waals surface area contributed by atoms with E-state index in [0.29, 0.717) is 60.2 Å². The third-order valence-electron chi connectivity index (χ3n) is 5.21. The average molecular weight is 424 g/mol. The Morgan fingerprint density at radius 3 is 2.68 bits per heavy atom. The van der Waals surface area contributed by atoms with E-state index in [1.165, 1.54) is 0 Å². The van der Waals surface area contributed by atoms with Crippen molar-refractivity contribution >= 4 is 17.0 Å². The van der Waals surface area contributed by atoms with Crippen molar-refractivity contribution in [3.63, 3.8) is 0 Å². The van der Waals surface area contributed by atoms with E-state index in [4.69, 9.17) is 25.4 Å². The van der Waals surface area contributed by atoms with E-state index in [0.717, 1.165) is 16.9 Å². The predicted molar refractivity (Wildman–Crippen MR) is 111 cm³/mol. The van der Waals surface area contributed by atoms with Gasteiger partial charge in [-0.15, -0.1) is 0 Å². The summed E-state index contributed by atoms with van der Waals surface area (Å²) in [7, 11) is 0. The number of hydrogen-bond donors (Lipinski definition) is 2. The molecule has 9 nitrogen and oxygen atoms in total. The monoisotopic (exact) mass is 424 g/mol. The maximum atomic E-state index is 13.9. The largest absolute Gasteiger partial charge is 0.461 e. The third-order valence-corrected chi connectivity index (χ3v) is 5.21. The fourth-order valence-corrected chi connectivity index (χ4v) is 3.77. The first kappa shape index (κ1) is 19.3. The highest BCUT2D eigenvalue weighted by Gasteiger charge is 2.23. The molecule has 4 heterocycles. The quantitative estimate of drug-likeness (QED) is 0.452. The Balaban J connectivity index is 1.65. The molecule has 0 radical (unpaired) electrons. The molecule has 1 aliphatic rings. The molecule has 160 valence electrons. The van der Waals surface area contributed by atoms with Crippen LogP contribution in [0.25, 0.3) is 22.5 Å². The number of nitrogens with two attached hydrogens (primary N) is 2. The number of hydrogen-bond acceptors (Lipinski definition) is 8. The maximum absolute atomic E-state index is 13.9. The van der Waals surface area contributed by atoms with Crippen LogP contribution in [0.5, 0.6) is 11.5 Å². The van der Waals surface area contributed by atoms with E-state index in [2.05, 4.69) is 15.0 Å². The molecule has 0 amide bonds. The molecular formula is C21H21FN6O3. The highest BCUT2D eigenvalue weighted by Crippen LogP contribution is 2.40. The summed E-state index contributed by atoms with van der Waals surface area (Å²) < 4.78 is 32.7. The van der Waals surface area contributed by atoms with Crippen LogP contribution >= 0.6 is 0 Å². The van der Waals surface area contributed by atoms with Crippen molar-refractivity contribution in [2.75, 3.05) is 19.1 Å². The van der Waals surface area contributed by atoms with Gasteiger partial charge in [0.15, 0.2) is 28.5 Å². The molecular weight excluding hydrogens is 403 g/mol. The minimum atomic E-state index is -0.889. The summed E-state index contributed by atoms with van der Waals surface area (Å²) in [5.41, 5.74) is 14.1. The Labute approximate surface area is 176 Å². The van der Waals surface area contributed by atoms with E-state index in [9.17, 15) is 4.39 Å². The van der Waals surface area contributed by atoms with Crippen molar-refractivity contribution in [2.24, 2.45) is 5.73 Å². The van der Waals surface area contributed by atoms with Gasteiger partial charge in [0.25, 0.3) is 0 Å². The zero-order valence-corrected chi connectivity index (χ0v) is 16.9. The molecule has 4 N–H and O–H groups in total. The molecule has 31 heavy (non-hydrogen) atoms. The first-order valence-corrected chi connectivity index (χ1v) is 9.91. The van der Waals surface area contributed by atoms with Crippen LogP contribution in [0.1, 0.15) is 23.6 Å². The highest BCUT2D eigenvalue weighted by molar-refractivity contribution is 5.82. The van der Waals surface area contributed by atoms with Gasteiger partial charge in [-0.3, -0.25) is 0 Å². The predicted octanol–water partition coefficient (Wildman–Crippen LogP) is 2.78. The van der Waals surface area contributed by atoms with Gasteiger partial charge >= 0.3 is 6.08 Å². The molecule has 1 aliphatic heterocycles. The van der Waals surface area contributed by atoms with Gasteiger partial charge in [0, 0.05) is 18.5 Å². The number of furan rings is 1. The molecule has 1 aromatic carbocycles. The Hall–Kier alpha value is -3.66. The Morgan fingerprint density at radius 2 is 1.94 bits per heavy atom. The number of halogens is 1. The molecule has 3 aromatic heterocycles. The molecule has 4 aromatic rings. The van der Waals surface area contributed by atoms with E-state index in [1.807, 2.05) is 35.8 Å². The molecule has 0 unspecified atom stereocenters. The topological polar surface area (TPSA) is 127 Å². The summed E-state index contributed by atoms with van der Waals surface area (Å²) >= 11 is 0. The lowest BCUT2D eigenvalue weighted by Crippen LogP contribution is -2.10. The molecule has 0 saturated carbocycles. The van der Waals surface area contributed by atoms with E-state index >= 15 is 0 Å². The van der Waals surface area contributed by atoms with E-state index in [-0.39, 0.29) is 12.6 Å². The highest BCUT2D eigenvalue weighted by atomic mass is 19.1. The van der Waals surface area contributed by atoms with Crippen LogP contribution in [0, 0.1) is 13.0 Å². The van der Waals surface area contributed by atoms with Crippen molar-refractivity contribution in [3.8, 4) is 22.8 Å².